The molecule has 4 heteroatoms. The third kappa shape index (κ3) is 1.99. The van der Waals surface area contributed by atoms with E-state index in [0.29, 0.717) is 26.1 Å². The minimum atomic E-state index is -0.124. The van der Waals surface area contributed by atoms with Gasteiger partial charge in [0.15, 0.2) is 0 Å². The summed E-state index contributed by atoms with van der Waals surface area (Å²) in [5, 5.41) is 0. The molecule has 0 atom stereocenters. The lowest BCUT2D eigenvalue weighted by molar-refractivity contribution is -0.127. The molecule has 1 fully saturated rings. The first-order valence-electron chi connectivity index (χ1n) is 4.80. The van der Waals surface area contributed by atoms with E-state index in [-0.39, 0.29) is 11.9 Å². The van der Waals surface area contributed by atoms with Gasteiger partial charge in [0.1, 0.15) is 0 Å². The number of imide groups is 1. The van der Waals surface area contributed by atoms with Crippen molar-refractivity contribution in [3.05, 3.63) is 0 Å². The van der Waals surface area contributed by atoms with Crippen molar-refractivity contribution in [2.45, 2.75) is 26.7 Å². The maximum Gasteiger partial charge on any atom is 0.326 e. The van der Waals surface area contributed by atoms with Gasteiger partial charge in [-0.1, -0.05) is 6.92 Å². The number of carbonyl (C=O) groups excluding carboxylic acids is 2. The summed E-state index contributed by atoms with van der Waals surface area (Å²) in [5.74, 6) is -0.0385. The predicted molar refractivity (Wildman–Crippen MR) is 49.3 cm³/mol. The van der Waals surface area contributed by atoms with Crippen molar-refractivity contribution in [3.63, 3.8) is 0 Å². The van der Waals surface area contributed by atoms with Crippen molar-refractivity contribution in [2.75, 3.05) is 19.6 Å². The molecule has 0 spiro atoms. The van der Waals surface area contributed by atoms with Crippen LogP contribution < -0.4 is 0 Å². The van der Waals surface area contributed by atoms with E-state index in [1.807, 2.05) is 13.8 Å². The van der Waals surface area contributed by atoms with Crippen LogP contribution in [0, 0.1) is 0 Å². The average Bonchev–Trinajstić information content (AvgIpc) is 2.47. The summed E-state index contributed by atoms with van der Waals surface area (Å²) in [4.78, 5) is 25.9. The van der Waals surface area contributed by atoms with Crippen LogP contribution in [0.4, 0.5) is 4.79 Å². The molecule has 13 heavy (non-hydrogen) atoms. The highest BCUT2D eigenvalue weighted by Gasteiger charge is 2.30. The summed E-state index contributed by atoms with van der Waals surface area (Å²) in [7, 11) is 0. The maximum absolute atomic E-state index is 11.5. The Hall–Kier alpha value is -1.06. The van der Waals surface area contributed by atoms with Gasteiger partial charge in [-0.2, -0.15) is 0 Å². The van der Waals surface area contributed by atoms with Crippen LogP contribution in [0.3, 0.4) is 0 Å². The molecule has 0 aromatic heterocycles. The molecule has 74 valence electrons. The standard InChI is InChI=1S/C9H16N2O2/c1-3-5-8(12)11-7-6-10(4-2)9(11)13/h3-7H2,1-2H3. The fraction of sp³-hybridized carbons (Fsp3) is 0.778. The Morgan fingerprint density at radius 1 is 1.38 bits per heavy atom. The van der Waals surface area contributed by atoms with E-state index < -0.39 is 0 Å². The molecule has 1 aliphatic heterocycles. The summed E-state index contributed by atoms with van der Waals surface area (Å²) < 4.78 is 0. The molecular formula is C9H16N2O2. The molecule has 0 radical (unpaired) electrons. The molecule has 0 bridgehead atoms. The Morgan fingerprint density at radius 2 is 2.08 bits per heavy atom. The zero-order chi connectivity index (χ0) is 9.84. The van der Waals surface area contributed by atoms with E-state index in [4.69, 9.17) is 0 Å². The van der Waals surface area contributed by atoms with Crippen molar-refractivity contribution >= 4 is 11.9 Å². The molecule has 4 nitrogen and oxygen atoms in total. The van der Waals surface area contributed by atoms with Crippen LogP contribution in [0.25, 0.3) is 0 Å². The van der Waals surface area contributed by atoms with Crippen LogP contribution in [-0.4, -0.2) is 41.4 Å². The van der Waals surface area contributed by atoms with Crippen LogP contribution in [0.5, 0.6) is 0 Å². The summed E-state index contributed by atoms with van der Waals surface area (Å²) >= 11 is 0. The van der Waals surface area contributed by atoms with Crippen LogP contribution >= 0.6 is 0 Å². The molecule has 0 N–H and O–H groups in total. The molecule has 3 amide bonds. The van der Waals surface area contributed by atoms with Gasteiger partial charge in [0, 0.05) is 26.1 Å². The molecule has 1 saturated heterocycles. The second-order valence-electron chi connectivity index (χ2n) is 3.16. The quantitative estimate of drug-likeness (QED) is 0.658. The molecule has 0 saturated carbocycles. The molecule has 0 aromatic rings. The normalized spacial score (nSPS) is 16.9. The fourth-order valence-electron chi connectivity index (χ4n) is 1.46. The average molecular weight is 184 g/mol. The smallest absolute Gasteiger partial charge is 0.323 e. The lowest BCUT2D eigenvalue weighted by Crippen LogP contribution is -2.35. The number of amides is 3. The number of rotatable bonds is 3. The molecule has 1 rings (SSSR count). The highest BCUT2D eigenvalue weighted by Crippen LogP contribution is 2.10. The molecule has 0 aromatic carbocycles. The van der Waals surface area contributed by atoms with Crippen LogP contribution in [-0.2, 0) is 4.79 Å². The first-order valence-corrected chi connectivity index (χ1v) is 4.80. The lowest BCUT2D eigenvalue weighted by atomic mass is 10.3. The van der Waals surface area contributed by atoms with Crippen LogP contribution in [0.15, 0.2) is 0 Å². The summed E-state index contributed by atoms with van der Waals surface area (Å²) in [6.07, 6.45) is 1.28. The molecule has 1 heterocycles. The van der Waals surface area contributed by atoms with E-state index in [1.165, 1.54) is 4.90 Å². The predicted octanol–water partition coefficient (Wildman–Crippen LogP) is 1.07. The maximum atomic E-state index is 11.5. The number of urea groups is 1. The van der Waals surface area contributed by atoms with Gasteiger partial charge in [0.25, 0.3) is 0 Å². The Balaban J connectivity index is 2.54. The Kier molecular flexibility index (Phi) is 3.28. The molecule has 1 aliphatic rings. The zero-order valence-electron chi connectivity index (χ0n) is 8.25. The highest BCUT2D eigenvalue weighted by molar-refractivity contribution is 5.95. The van der Waals surface area contributed by atoms with E-state index in [1.54, 1.807) is 4.90 Å². The summed E-state index contributed by atoms with van der Waals surface area (Å²) in [6.45, 7) is 5.80. The van der Waals surface area contributed by atoms with Gasteiger partial charge in [-0.15, -0.1) is 0 Å². The molecular weight excluding hydrogens is 168 g/mol. The van der Waals surface area contributed by atoms with Crippen molar-refractivity contribution in [3.8, 4) is 0 Å². The van der Waals surface area contributed by atoms with Crippen LogP contribution in [0.1, 0.15) is 26.7 Å². The van der Waals surface area contributed by atoms with Crippen molar-refractivity contribution in [2.24, 2.45) is 0 Å². The number of hydrogen-bond acceptors (Lipinski definition) is 2. The monoisotopic (exact) mass is 184 g/mol. The van der Waals surface area contributed by atoms with Crippen LogP contribution in [0.2, 0.25) is 0 Å². The van der Waals surface area contributed by atoms with Crippen molar-refractivity contribution < 1.29 is 9.59 Å². The second-order valence-corrected chi connectivity index (χ2v) is 3.16. The first kappa shape index (κ1) is 10.0. The Labute approximate surface area is 78.5 Å². The van der Waals surface area contributed by atoms with E-state index in [0.717, 1.165) is 6.42 Å². The topological polar surface area (TPSA) is 40.6 Å². The van der Waals surface area contributed by atoms with Gasteiger partial charge < -0.3 is 4.90 Å². The lowest BCUT2D eigenvalue weighted by Gasteiger charge is -2.15. The SMILES string of the molecule is CCCC(=O)N1CCN(CC)C1=O. The molecule has 0 unspecified atom stereocenters. The zero-order valence-corrected chi connectivity index (χ0v) is 8.25. The van der Waals surface area contributed by atoms with E-state index in [9.17, 15) is 9.59 Å². The van der Waals surface area contributed by atoms with Crippen molar-refractivity contribution in [1.82, 2.24) is 9.80 Å². The van der Waals surface area contributed by atoms with Crippen molar-refractivity contribution in [1.29, 1.82) is 0 Å². The van der Waals surface area contributed by atoms with Gasteiger partial charge in [-0.25, -0.2) is 4.79 Å². The Morgan fingerprint density at radius 3 is 2.54 bits per heavy atom. The van der Waals surface area contributed by atoms with Gasteiger partial charge in [-0.3, -0.25) is 9.69 Å². The molecule has 0 aliphatic carbocycles. The first-order chi connectivity index (χ1) is 6.20. The number of nitrogens with zero attached hydrogens (tertiary/aromatic N) is 2. The van der Waals surface area contributed by atoms with Gasteiger partial charge in [0.05, 0.1) is 0 Å². The van der Waals surface area contributed by atoms with E-state index >= 15 is 0 Å². The third-order valence-electron chi connectivity index (χ3n) is 2.24. The number of likely N-dealkylation sites (N-methyl/N-ethyl adjacent to an activating group) is 1. The largest absolute Gasteiger partial charge is 0.326 e. The van der Waals surface area contributed by atoms with Gasteiger partial charge >= 0.3 is 6.03 Å². The van der Waals surface area contributed by atoms with Gasteiger partial charge in [-0.05, 0) is 13.3 Å². The highest BCUT2D eigenvalue weighted by atomic mass is 16.2. The minimum absolute atomic E-state index is 0.0385. The Bertz CT molecular complexity index is 216. The number of hydrogen-bond donors (Lipinski definition) is 0. The van der Waals surface area contributed by atoms with Gasteiger partial charge in [0.2, 0.25) is 5.91 Å². The van der Waals surface area contributed by atoms with E-state index in [2.05, 4.69) is 0 Å². The summed E-state index contributed by atoms with van der Waals surface area (Å²) in [6, 6.07) is -0.124. The second kappa shape index (κ2) is 4.25. The number of carbonyl (C=O) groups is 2. The minimum Gasteiger partial charge on any atom is -0.323 e. The third-order valence-corrected chi connectivity index (χ3v) is 2.24. The summed E-state index contributed by atoms with van der Waals surface area (Å²) in [5.41, 5.74) is 0. The fourth-order valence-corrected chi connectivity index (χ4v) is 1.46.